The second kappa shape index (κ2) is 3.89. The van der Waals surface area contributed by atoms with Crippen LogP contribution in [0.2, 0.25) is 0 Å². The molecular weight excluding hydrogens is 200 g/mol. The highest BCUT2D eigenvalue weighted by Gasteiger charge is 2.52. The fourth-order valence-corrected chi connectivity index (χ4v) is 2.03. The molecule has 0 radical (unpaired) electrons. The van der Waals surface area contributed by atoms with Gasteiger partial charge in [0.2, 0.25) is 5.91 Å². The summed E-state index contributed by atoms with van der Waals surface area (Å²) >= 11 is 0. The number of carbonyl (C=O) groups excluding carboxylic acids is 1. The second-order valence-corrected chi connectivity index (χ2v) is 4.79. The first-order chi connectivity index (χ1) is 7.60. The molecule has 86 valence electrons. The maximum Gasteiger partial charge on any atom is 0.232 e. The van der Waals surface area contributed by atoms with Crippen molar-refractivity contribution in [3.8, 4) is 0 Å². The van der Waals surface area contributed by atoms with Crippen LogP contribution >= 0.6 is 0 Å². The van der Waals surface area contributed by atoms with E-state index in [9.17, 15) is 4.79 Å². The van der Waals surface area contributed by atoms with Crippen LogP contribution in [0.1, 0.15) is 43.9 Å². The van der Waals surface area contributed by atoms with Gasteiger partial charge in [-0.2, -0.15) is 0 Å². The van der Waals surface area contributed by atoms with Gasteiger partial charge in [-0.05, 0) is 36.5 Å². The van der Waals surface area contributed by atoms with Crippen molar-refractivity contribution in [2.24, 2.45) is 0 Å². The number of nitrogens with zero attached hydrogens (tertiary/aromatic N) is 1. The van der Waals surface area contributed by atoms with Crippen molar-refractivity contribution in [2.75, 3.05) is 7.05 Å². The second-order valence-electron chi connectivity index (χ2n) is 4.79. The molecule has 16 heavy (non-hydrogen) atoms. The average Bonchev–Trinajstić information content (AvgIpc) is 3.09. The number of pyridine rings is 1. The summed E-state index contributed by atoms with van der Waals surface area (Å²) in [4.78, 5) is 16.2. The summed E-state index contributed by atoms with van der Waals surface area (Å²) in [5.74, 6) is 0.572. The molecule has 1 aromatic rings. The number of carbonyl (C=O) groups is 1. The van der Waals surface area contributed by atoms with E-state index in [1.54, 1.807) is 7.05 Å². The molecule has 3 nitrogen and oxygen atoms in total. The topological polar surface area (TPSA) is 42.0 Å². The summed E-state index contributed by atoms with van der Waals surface area (Å²) in [6.07, 6.45) is 3.65. The number of amides is 1. The molecule has 0 saturated heterocycles. The third kappa shape index (κ3) is 1.70. The molecular formula is C13H18N2O. The zero-order chi connectivity index (χ0) is 11.8. The van der Waals surface area contributed by atoms with Crippen LogP contribution in [0.4, 0.5) is 0 Å². The molecule has 1 aliphatic rings. The Hall–Kier alpha value is -1.38. The Morgan fingerprint density at radius 2 is 2.19 bits per heavy atom. The molecule has 1 N–H and O–H groups in total. The van der Waals surface area contributed by atoms with Crippen LogP contribution in [0.15, 0.2) is 18.3 Å². The SMILES string of the molecule is CNC(=O)C1(c2cc(C(C)C)ccn2)CC1. The van der Waals surface area contributed by atoms with Crippen LogP contribution in [0.3, 0.4) is 0 Å². The Bertz CT molecular complexity index is 408. The minimum atomic E-state index is -0.334. The Morgan fingerprint density at radius 3 is 2.69 bits per heavy atom. The van der Waals surface area contributed by atoms with Crippen LogP contribution in [-0.2, 0) is 10.2 Å². The van der Waals surface area contributed by atoms with Gasteiger partial charge in [0.15, 0.2) is 0 Å². The molecule has 0 bridgehead atoms. The number of likely N-dealkylation sites (N-methyl/N-ethyl adjacent to an activating group) is 1. The fourth-order valence-electron chi connectivity index (χ4n) is 2.03. The maximum absolute atomic E-state index is 11.8. The zero-order valence-electron chi connectivity index (χ0n) is 10.1. The van der Waals surface area contributed by atoms with Crippen LogP contribution in [0.5, 0.6) is 0 Å². The molecule has 1 heterocycles. The third-order valence-corrected chi connectivity index (χ3v) is 3.35. The zero-order valence-corrected chi connectivity index (χ0v) is 10.1. The van der Waals surface area contributed by atoms with Crippen LogP contribution in [0, 0.1) is 0 Å². The van der Waals surface area contributed by atoms with Gasteiger partial charge >= 0.3 is 0 Å². The average molecular weight is 218 g/mol. The standard InChI is InChI=1S/C13H18N2O/c1-9(2)10-4-7-15-11(8-10)13(5-6-13)12(16)14-3/h4,7-9H,5-6H2,1-3H3,(H,14,16). The molecule has 0 aromatic carbocycles. The van der Waals surface area contributed by atoms with Gasteiger partial charge < -0.3 is 5.32 Å². The normalized spacial score (nSPS) is 17.2. The van der Waals surface area contributed by atoms with Gasteiger partial charge in [0, 0.05) is 13.2 Å². The summed E-state index contributed by atoms with van der Waals surface area (Å²) in [6, 6.07) is 4.10. The lowest BCUT2D eigenvalue weighted by Crippen LogP contribution is -2.32. The molecule has 1 fully saturated rings. The van der Waals surface area contributed by atoms with Crippen LogP contribution in [-0.4, -0.2) is 17.9 Å². The van der Waals surface area contributed by atoms with E-state index >= 15 is 0 Å². The van der Waals surface area contributed by atoms with Crippen LogP contribution in [0.25, 0.3) is 0 Å². The van der Waals surface area contributed by atoms with Crippen molar-refractivity contribution < 1.29 is 4.79 Å². The molecule has 1 saturated carbocycles. The highest BCUT2D eigenvalue weighted by atomic mass is 16.2. The maximum atomic E-state index is 11.8. The van der Waals surface area contributed by atoms with Gasteiger partial charge in [-0.25, -0.2) is 0 Å². The molecule has 1 aromatic heterocycles. The van der Waals surface area contributed by atoms with Crippen LogP contribution < -0.4 is 5.32 Å². The highest BCUT2D eigenvalue weighted by Crippen LogP contribution is 2.47. The third-order valence-electron chi connectivity index (χ3n) is 3.35. The summed E-state index contributed by atoms with van der Waals surface area (Å²) in [5.41, 5.74) is 1.85. The van der Waals surface area contributed by atoms with E-state index < -0.39 is 0 Å². The molecule has 0 aliphatic heterocycles. The lowest BCUT2D eigenvalue weighted by molar-refractivity contribution is -0.123. The van der Waals surface area contributed by atoms with E-state index in [2.05, 4.69) is 30.2 Å². The molecule has 0 atom stereocenters. The lowest BCUT2D eigenvalue weighted by atomic mass is 9.96. The van der Waals surface area contributed by atoms with Gasteiger partial charge in [-0.15, -0.1) is 0 Å². The molecule has 3 heteroatoms. The van der Waals surface area contributed by atoms with Crippen molar-refractivity contribution in [3.63, 3.8) is 0 Å². The summed E-state index contributed by atoms with van der Waals surface area (Å²) in [6.45, 7) is 4.30. The van der Waals surface area contributed by atoms with Gasteiger partial charge in [0.25, 0.3) is 0 Å². The van der Waals surface area contributed by atoms with Crippen molar-refractivity contribution >= 4 is 5.91 Å². The molecule has 2 rings (SSSR count). The van der Waals surface area contributed by atoms with Crippen molar-refractivity contribution in [1.82, 2.24) is 10.3 Å². The van der Waals surface area contributed by atoms with Crippen molar-refractivity contribution in [2.45, 2.75) is 38.0 Å². The molecule has 1 amide bonds. The predicted molar refractivity (Wildman–Crippen MR) is 63.3 cm³/mol. The number of aromatic nitrogens is 1. The Balaban J connectivity index is 2.34. The van der Waals surface area contributed by atoms with E-state index in [-0.39, 0.29) is 11.3 Å². The monoisotopic (exact) mass is 218 g/mol. The smallest absolute Gasteiger partial charge is 0.232 e. The van der Waals surface area contributed by atoms with Crippen molar-refractivity contribution in [1.29, 1.82) is 0 Å². The summed E-state index contributed by atoms with van der Waals surface area (Å²) < 4.78 is 0. The van der Waals surface area contributed by atoms with E-state index in [1.165, 1.54) is 5.56 Å². The number of hydrogen-bond donors (Lipinski definition) is 1. The van der Waals surface area contributed by atoms with E-state index in [0.717, 1.165) is 18.5 Å². The first kappa shape index (κ1) is 11.1. The molecule has 0 spiro atoms. The summed E-state index contributed by atoms with van der Waals surface area (Å²) in [5, 5.41) is 2.74. The number of hydrogen-bond acceptors (Lipinski definition) is 2. The highest BCUT2D eigenvalue weighted by molar-refractivity contribution is 5.90. The Kier molecular flexibility index (Phi) is 2.70. The molecule has 1 aliphatic carbocycles. The molecule has 0 unspecified atom stereocenters. The van der Waals surface area contributed by atoms with E-state index in [0.29, 0.717) is 5.92 Å². The number of rotatable bonds is 3. The fraction of sp³-hybridized carbons (Fsp3) is 0.538. The lowest BCUT2D eigenvalue weighted by Gasteiger charge is -2.14. The van der Waals surface area contributed by atoms with E-state index in [1.807, 2.05) is 12.3 Å². The van der Waals surface area contributed by atoms with Gasteiger partial charge in [0.1, 0.15) is 0 Å². The Morgan fingerprint density at radius 1 is 1.50 bits per heavy atom. The minimum Gasteiger partial charge on any atom is -0.358 e. The Labute approximate surface area is 96.3 Å². The van der Waals surface area contributed by atoms with Gasteiger partial charge in [0.05, 0.1) is 11.1 Å². The quantitative estimate of drug-likeness (QED) is 0.843. The van der Waals surface area contributed by atoms with Gasteiger partial charge in [-0.3, -0.25) is 9.78 Å². The minimum absolute atomic E-state index is 0.0981. The van der Waals surface area contributed by atoms with Crippen molar-refractivity contribution in [3.05, 3.63) is 29.6 Å². The number of nitrogens with one attached hydrogen (secondary N) is 1. The first-order valence-electron chi connectivity index (χ1n) is 5.79. The summed E-state index contributed by atoms with van der Waals surface area (Å²) in [7, 11) is 1.69. The van der Waals surface area contributed by atoms with Gasteiger partial charge in [-0.1, -0.05) is 13.8 Å². The predicted octanol–water partition coefficient (Wildman–Crippen LogP) is 1.98. The first-order valence-corrected chi connectivity index (χ1v) is 5.79. The largest absolute Gasteiger partial charge is 0.358 e. The van der Waals surface area contributed by atoms with E-state index in [4.69, 9.17) is 0 Å².